The van der Waals surface area contributed by atoms with E-state index >= 15 is 0 Å². The van der Waals surface area contributed by atoms with Crippen molar-refractivity contribution in [3.05, 3.63) is 45.3 Å². The van der Waals surface area contributed by atoms with Gasteiger partial charge < -0.3 is 10.1 Å². The molecule has 1 amide bonds. The van der Waals surface area contributed by atoms with Crippen LogP contribution in [0.3, 0.4) is 0 Å². The van der Waals surface area contributed by atoms with Gasteiger partial charge in [-0.2, -0.15) is 0 Å². The van der Waals surface area contributed by atoms with Gasteiger partial charge in [-0.1, -0.05) is 6.07 Å². The molecule has 0 saturated carbocycles. The molecule has 0 aliphatic heterocycles. The maximum absolute atomic E-state index is 13.1. The van der Waals surface area contributed by atoms with E-state index in [9.17, 15) is 18.0 Å². The summed E-state index contributed by atoms with van der Waals surface area (Å²) in [4.78, 5) is 26.5. The molecule has 0 spiro atoms. The zero-order valence-electron chi connectivity index (χ0n) is 17.7. The van der Waals surface area contributed by atoms with Crippen LogP contribution in [0.1, 0.15) is 45.3 Å². The van der Waals surface area contributed by atoms with Gasteiger partial charge in [0.1, 0.15) is 11.0 Å². The van der Waals surface area contributed by atoms with Crippen LogP contribution in [0.5, 0.6) is 0 Å². The predicted molar refractivity (Wildman–Crippen MR) is 119 cm³/mol. The minimum absolute atomic E-state index is 0.382. The lowest BCUT2D eigenvalue weighted by Gasteiger charge is -2.28. The molecular formula is C21H26N2O5S2. The zero-order valence-corrected chi connectivity index (χ0v) is 19.4. The molecule has 162 valence electrons. The fourth-order valence-corrected chi connectivity index (χ4v) is 6.35. The number of esters is 1. The molecule has 1 N–H and O–H groups in total. The molecule has 9 heteroatoms. The van der Waals surface area contributed by atoms with Crippen molar-refractivity contribution in [3.63, 3.8) is 0 Å². The molecule has 1 aliphatic rings. The lowest BCUT2D eigenvalue weighted by Crippen LogP contribution is -2.45. The summed E-state index contributed by atoms with van der Waals surface area (Å²) in [5.74, 6) is -1.00. The number of amides is 1. The molecule has 1 atom stereocenters. The summed E-state index contributed by atoms with van der Waals surface area (Å²) in [6.07, 6.45) is 3.66. The Morgan fingerprint density at radius 1 is 1.17 bits per heavy atom. The number of carbonyl (C=O) groups is 2. The number of benzene rings is 1. The first-order valence-corrected chi connectivity index (χ1v) is 12.3. The van der Waals surface area contributed by atoms with Crippen LogP contribution in [0.25, 0.3) is 0 Å². The van der Waals surface area contributed by atoms with Crippen LogP contribution in [0.4, 0.5) is 10.7 Å². The van der Waals surface area contributed by atoms with Gasteiger partial charge in [0.15, 0.2) is 0 Å². The van der Waals surface area contributed by atoms with Gasteiger partial charge >= 0.3 is 5.97 Å². The van der Waals surface area contributed by atoms with Crippen molar-refractivity contribution in [2.24, 2.45) is 0 Å². The second kappa shape index (κ2) is 8.39. The van der Waals surface area contributed by atoms with Crippen LogP contribution >= 0.6 is 11.3 Å². The van der Waals surface area contributed by atoms with Crippen LogP contribution in [-0.4, -0.2) is 39.7 Å². The zero-order chi connectivity index (χ0) is 22.2. The molecule has 0 fully saturated rings. The number of hydrogen-bond donors (Lipinski definition) is 1. The van der Waals surface area contributed by atoms with Gasteiger partial charge in [0.25, 0.3) is 0 Å². The monoisotopic (exact) mass is 450 g/mol. The molecule has 1 heterocycles. The van der Waals surface area contributed by atoms with Gasteiger partial charge in [-0.3, -0.25) is 9.10 Å². The number of methoxy groups -OCH3 is 1. The summed E-state index contributed by atoms with van der Waals surface area (Å²) in [7, 11) is -2.42. The standard InChI is InChI=1S/C21H26N2O5S2/c1-12-9-13(2)11-15(10-12)23(30(5,26)27)14(3)19(24)22-20-18(21(25)28-4)16-7-6-8-17(16)29-20/h9-11,14H,6-8H2,1-5H3,(H,22,24)/t14-/m1/s1. The molecule has 0 radical (unpaired) electrons. The van der Waals surface area contributed by atoms with E-state index in [0.29, 0.717) is 16.3 Å². The third-order valence-corrected chi connectivity index (χ3v) is 7.55. The maximum atomic E-state index is 13.1. The number of anilines is 2. The number of thiophene rings is 1. The lowest BCUT2D eigenvalue weighted by molar-refractivity contribution is -0.116. The van der Waals surface area contributed by atoms with Gasteiger partial charge in [0.05, 0.1) is 24.6 Å². The number of fused-ring (bicyclic) bond motifs is 1. The fourth-order valence-electron chi connectivity index (χ4n) is 3.91. The van der Waals surface area contributed by atoms with Crippen molar-refractivity contribution < 1.29 is 22.7 Å². The van der Waals surface area contributed by atoms with E-state index in [1.54, 1.807) is 12.1 Å². The smallest absolute Gasteiger partial charge is 0.341 e. The number of hydrogen-bond acceptors (Lipinski definition) is 6. The minimum Gasteiger partial charge on any atom is -0.465 e. The van der Waals surface area contributed by atoms with E-state index in [0.717, 1.165) is 51.4 Å². The van der Waals surface area contributed by atoms with Crippen molar-refractivity contribution in [2.75, 3.05) is 23.0 Å². The maximum Gasteiger partial charge on any atom is 0.341 e. The van der Waals surface area contributed by atoms with Crippen molar-refractivity contribution >= 4 is 43.9 Å². The van der Waals surface area contributed by atoms with Crippen LogP contribution in [-0.2, 0) is 32.4 Å². The molecule has 30 heavy (non-hydrogen) atoms. The molecule has 7 nitrogen and oxygen atoms in total. The van der Waals surface area contributed by atoms with Crippen LogP contribution in [0.2, 0.25) is 0 Å². The topological polar surface area (TPSA) is 92.8 Å². The summed E-state index contributed by atoms with van der Waals surface area (Å²) >= 11 is 1.36. The number of carbonyl (C=O) groups excluding carboxylic acids is 2. The molecule has 1 aromatic heterocycles. The quantitative estimate of drug-likeness (QED) is 0.681. The van der Waals surface area contributed by atoms with Crippen molar-refractivity contribution in [1.82, 2.24) is 0 Å². The van der Waals surface area contributed by atoms with E-state index in [4.69, 9.17) is 4.74 Å². The average Bonchev–Trinajstić information content (AvgIpc) is 3.19. The normalized spacial score (nSPS) is 14.2. The second-order valence-corrected chi connectivity index (χ2v) is 10.6. The number of nitrogens with one attached hydrogen (secondary N) is 1. The number of rotatable bonds is 6. The average molecular weight is 451 g/mol. The van der Waals surface area contributed by atoms with Crippen LogP contribution in [0.15, 0.2) is 18.2 Å². The highest BCUT2D eigenvalue weighted by atomic mass is 32.2. The van der Waals surface area contributed by atoms with Gasteiger partial charge in [-0.15, -0.1) is 11.3 Å². The third-order valence-electron chi connectivity index (χ3n) is 5.10. The summed E-state index contributed by atoms with van der Waals surface area (Å²) in [5, 5.41) is 3.19. The number of aryl methyl sites for hydroxylation is 3. The largest absolute Gasteiger partial charge is 0.465 e. The molecule has 2 aromatic rings. The molecule has 1 aromatic carbocycles. The summed E-state index contributed by atoms with van der Waals surface area (Å²) < 4.78 is 31.1. The number of sulfonamides is 1. The molecule has 0 unspecified atom stereocenters. The van der Waals surface area contributed by atoms with E-state index in [1.807, 2.05) is 19.9 Å². The van der Waals surface area contributed by atoms with Gasteiger partial charge in [0, 0.05) is 4.88 Å². The first kappa shape index (κ1) is 22.3. The Kier molecular flexibility index (Phi) is 6.24. The minimum atomic E-state index is -3.73. The van der Waals surface area contributed by atoms with Gasteiger partial charge in [0.2, 0.25) is 15.9 Å². The Labute approximate surface area is 181 Å². The molecule has 3 rings (SSSR count). The predicted octanol–water partition coefficient (Wildman–Crippen LogP) is 3.43. The van der Waals surface area contributed by atoms with E-state index < -0.39 is 27.9 Å². The van der Waals surface area contributed by atoms with Crippen molar-refractivity contribution in [2.45, 2.75) is 46.1 Å². The molecular weight excluding hydrogens is 424 g/mol. The Morgan fingerprint density at radius 2 is 1.80 bits per heavy atom. The Morgan fingerprint density at radius 3 is 2.37 bits per heavy atom. The van der Waals surface area contributed by atoms with E-state index in [-0.39, 0.29) is 0 Å². The SMILES string of the molecule is COC(=O)c1c(NC(=O)[C@@H](C)N(c2cc(C)cc(C)c2)S(C)(=O)=O)sc2c1CCC2. The number of nitrogens with zero attached hydrogens (tertiary/aromatic N) is 1. The Hall–Kier alpha value is -2.39. The summed E-state index contributed by atoms with van der Waals surface area (Å²) in [5.41, 5.74) is 3.53. The molecule has 0 bridgehead atoms. The fraction of sp³-hybridized carbons (Fsp3) is 0.429. The highest BCUT2D eigenvalue weighted by molar-refractivity contribution is 7.92. The van der Waals surface area contributed by atoms with Crippen LogP contribution < -0.4 is 9.62 Å². The summed E-state index contributed by atoms with van der Waals surface area (Å²) in [6, 6.07) is 4.39. The summed E-state index contributed by atoms with van der Waals surface area (Å²) in [6.45, 7) is 5.28. The molecule has 1 aliphatic carbocycles. The second-order valence-electron chi connectivity index (χ2n) is 7.62. The molecule has 0 saturated heterocycles. The van der Waals surface area contributed by atoms with E-state index in [2.05, 4.69) is 5.32 Å². The first-order chi connectivity index (χ1) is 14.0. The van der Waals surface area contributed by atoms with Crippen molar-refractivity contribution in [3.8, 4) is 0 Å². The highest BCUT2D eigenvalue weighted by Gasteiger charge is 2.32. The lowest BCUT2D eigenvalue weighted by atomic mass is 10.1. The van der Waals surface area contributed by atoms with Gasteiger partial charge in [-0.25, -0.2) is 13.2 Å². The Bertz CT molecular complexity index is 1080. The van der Waals surface area contributed by atoms with Crippen LogP contribution in [0, 0.1) is 13.8 Å². The highest BCUT2D eigenvalue weighted by Crippen LogP contribution is 2.39. The van der Waals surface area contributed by atoms with Gasteiger partial charge in [-0.05, 0) is 68.9 Å². The third kappa shape index (κ3) is 4.37. The number of ether oxygens (including phenoxy) is 1. The van der Waals surface area contributed by atoms with E-state index in [1.165, 1.54) is 25.4 Å². The first-order valence-electron chi connectivity index (χ1n) is 9.64. The Balaban J connectivity index is 1.95. The van der Waals surface area contributed by atoms with Crippen molar-refractivity contribution in [1.29, 1.82) is 0 Å².